The third kappa shape index (κ3) is 4.65. The number of carbonyl (C=O) groups is 1. The molecule has 0 aliphatic rings. The molecule has 0 aliphatic carbocycles. The summed E-state index contributed by atoms with van der Waals surface area (Å²) in [5.41, 5.74) is 2.86. The molecule has 1 heterocycles. The molecule has 1 aromatic heterocycles. The number of nitrogens with one attached hydrogen (secondary N) is 1. The smallest absolute Gasteiger partial charge is 0.277 e. The largest absolute Gasteiger partial charge is 0.411 e. The summed E-state index contributed by atoms with van der Waals surface area (Å²) >= 11 is 7.36. The molecule has 0 fully saturated rings. The number of hydrogen-bond donors (Lipinski definition) is 1. The molecule has 7 heteroatoms. The lowest BCUT2D eigenvalue weighted by molar-refractivity contribution is -0.119. The summed E-state index contributed by atoms with van der Waals surface area (Å²) in [5.74, 6) is 0.503. The zero-order valence-corrected chi connectivity index (χ0v) is 16.0. The molecule has 0 spiro atoms. The van der Waals surface area contributed by atoms with Crippen LogP contribution in [-0.2, 0) is 4.79 Å². The molecule has 1 atom stereocenters. The van der Waals surface area contributed by atoms with Crippen LogP contribution >= 0.6 is 23.4 Å². The van der Waals surface area contributed by atoms with Gasteiger partial charge >= 0.3 is 0 Å². The molecule has 26 heavy (non-hydrogen) atoms. The van der Waals surface area contributed by atoms with Crippen LogP contribution in [-0.4, -0.2) is 21.9 Å². The van der Waals surface area contributed by atoms with Crippen LogP contribution in [0.25, 0.3) is 11.5 Å². The molecule has 134 valence electrons. The van der Waals surface area contributed by atoms with Gasteiger partial charge in [-0.15, -0.1) is 10.2 Å². The van der Waals surface area contributed by atoms with Crippen LogP contribution < -0.4 is 5.32 Å². The van der Waals surface area contributed by atoms with E-state index in [0.717, 1.165) is 16.7 Å². The number of rotatable bonds is 6. The molecule has 0 bridgehead atoms. The number of thioether (sulfide) groups is 1. The van der Waals surface area contributed by atoms with Gasteiger partial charge < -0.3 is 9.73 Å². The minimum Gasteiger partial charge on any atom is -0.411 e. The normalized spacial score (nSPS) is 12.0. The topological polar surface area (TPSA) is 68.0 Å². The van der Waals surface area contributed by atoms with E-state index >= 15 is 0 Å². The highest BCUT2D eigenvalue weighted by atomic mass is 35.5. The summed E-state index contributed by atoms with van der Waals surface area (Å²) in [7, 11) is 0. The van der Waals surface area contributed by atoms with Gasteiger partial charge in [0.05, 0.1) is 11.8 Å². The number of aryl methyl sites for hydroxylation is 1. The van der Waals surface area contributed by atoms with Crippen molar-refractivity contribution < 1.29 is 9.21 Å². The van der Waals surface area contributed by atoms with Gasteiger partial charge in [0.1, 0.15) is 0 Å². The van der Waals surface area contributed by atoms with Crippen LogP contribution in [0.5, 0.6) is 0 Å². The predicted octanol–water partition coefficient (Wildman–Crippen LogP) is 4.67. The Bertz CT molecular complexity index is 913. The van der Waals surface area contributed by atoms with Gasteiger partial charge in [-0.1, -0.05) is 59.3 Å². The first kappa shape index (κ1) is 18.5. The summed E-state index contributed by atoms with van der Waals surface area (Å²) < 4.78 is 5.62. The summed E-state index contributed by atoms with van der Waals surface area (Å²) in [6.07, 6.45) is 0. The number of nitrogens with zero attached hydrogens (tertiary/aromatic N) is 2. The maximum absolute atomic E-state index is 12.2. The van der Waals surface area contributed by atoms with Gasteiger partial charge in [-0.2, -0.15) is 0 Å². The van der Waals surface area contributed by atoms with E-state index in [2.05, 4.69) is 15.5 Å². The second-order valence-corrected chi connectivity index (χ2v) is 7.18. The van der Waals surface area contributed by atoms with Gasteiger partial charge in [0.2, 0.25) is 11.8 Å². The van der Waals surface area contributed by atoms with Gasteiger partial charge in [-0.25, -0.2) is 0 Å². The van der Waals surface area contributed by atoms with Crippen LogP contribution in [0.2, 0.25) is 5.02 Å². The van der Waals surface area contributed by atoms with Crippen LogP contribution in [0.4, 0.5) is 0 Å². The van der Waals surface area contributed by atoms with Gasteiger partial charge in [0.25, 0.3) is 5.22 Å². The summed E-state index contributed by atoms with van der Waals surface area (Å²) in [4.78, 5) is 12.2. The molecule has 3 rings (SSSR count). The molecule has 3 aromatic rings. The molecule has 1 unspecified atom stereocenters. The Balaban J connectivity index is 1.56. The molecule has 1 amide bonds. The van der Waals surface area contributed by atoms with Gasteiger partial charge in [-0.05, 0) is 37.6 Å². The second kappa shape index (κ2) is 8.38. The number of carbonyl (C=O) groups excluding carboxylic acids is 1. The van der Waals surface area contributed by atoms with Crippen LogP contribution in [0.3, 0.4) is 0 Å². The molecule has 0 aliphatic heterocycles. The predicted molar refractivity (Wildman–Crippen MR) is 103 cm³/mol. The van der Waals surface area contributed by atoms with Crippen LogP contribution in [0.15, 0.2) is 58.2 Å². The van der Waals surface area contributed by atoms with Crippen LogP contribution in [0, 0.1) is 6.92 Å². The summed E-state index contributed by atoms with van der Waals surface area (Å²) in [5, 5.41) is 11.9. The Morgan fingerprint density at radius 3 is 2.81 bits per heavy atom. The van der Waals surface area contributed by atoms with E-state index in [4.69, 9.17) is 16.0 Å². The minimum absolute atomic E-state index is 0.127. The molecule has 0 saturated carbocycles. The van der Waals surface area contributed by atoms with Crippen molar-refractivity contribution in [2.75, 3.05) is 5.75 Å². The zero-order valence-electron chi connectivity index (χ0n) is 14.4. The average molecular weight is 388 g/mol. The van der Waals surface area contributed by atoms with E-state index in [9.17, 15) is 4.79 Å². The molecule has 0 radical (unpaired) electrons. The maximum Gasteiger partial charge on any atom is 0.277 e. The summed E-state index contributed by atoms with van der Waals surface area (Å²) in [6, 6.07) is 15.1. The first-order valence-electron chi connectivity index (χ1n) is 8.10. The van der Waals surface area contributed by atoms with Crippen LogP contribution in [0.1, 0.15) is 24.1 Å². The van der Waals surface area contributed by atoms with Crippen molar-refractivity contribution in [2.45, 2.75) is 25.1 Å². The fraction of sp³-hybridized carbons (Fsp3) is 0.211. The minimum atomic E-state index is -0.178. The quantitative estimate of drug-likeness (QED) is 0.622. The first-order valence-corrected chi connectivity index (χ1v) is 9.46. The van der Waals surface area contributed by atoms with E-state index in [1.54, 1.807) is 6.07 Å². The van der Waals surface area contributed by atoms with E-state index in [1.165, 1.54) is 11.8 Å². The lowest BCUT2D eigenvalue weighted by Crippen LogP contribution is -2.28. The van der Waals surface area contributed by atoms with Gasteiger partial charge in [0, 0.05) is 10.6 Å². The zero-order chi connectivity index (χ0) is 18.5. The van der Waals surface area contributed by atoms with Crippen molar-refractivity contribution in [1.82, 2.24) is 15.5 Å². The molecule has 0 saturated heterocycles. The van der Waals surface area contributed by atoms with Crippen molar-refractivity contribution in [3.63, 3.8) is 0 Å². The maximum atomic E-state index is 12.2. The lowest BCUT2D eigenvalue weighted by atomic mass is 10.1. The second-order valence-electron chi connectivity index (χ2n) is 5.84. The number of hydrogen-bond acceptors (Lipinski definition) is 5. The van der Waals surface area contributed by atoms with Gasteiger partial charge in [0.15, 0.2) is 0 Å². The molecule has 1 N–H and O–H groups in total. The Hall–Kier alpha value is -2.31. The third-order valence-electron chi connectivity index (χ3n) is 3.75. The Kier molecular flexibility index (Phi) is 5.96. The standard InChI is InChI=1S/C19H18ClN3O2S/c1-12-6-5-7-14(10-12)18-22-23-19(25-18)26-11-17(24)21-13(2)15-8-3-4-9-16(15)20/h3-10,13H,11H2,1-2H3,(H,21,24). The van der Waals surface area contributed by atoms with E-state index < -0.39 is 0 Å². The van der Waals surface area contributed by atoms with Crippen molar-refractivity contribution in [2.24, 2.45) is 0 Å². The van der Waals surface area contributed by atoms with Crippen molar-refractivity contribution in [3.8, 4) is 11.5 Å². The van der Waals surface area contributed by atoms with E-state index in [1.807, 2.05) is 56.3 Å². The third-order valence-corrected chi connectivity index (χ3v) is 4.91. The number of halogens is 1. The number of amides is 1. The van der Waals surface area contributed by atoms with E-state index in [-0.39, 0.29) is 17.7 Å². The fourth-order valence-corrected chi connectivity index (χ4v) is 3.35. The highest BCUT2D eigenvalue weighted by Gasteiger charge is 2.15. The monoisotopic (exact) mass is 387 g/mol. The van der Waals surface area contributed by atoms with Gasteiger partial charge in [-0.3, -0.25) is 4.79 Å². The molecule has 2 aromatic carbocycles. The number of aromatic nitrogens is 2. The first-order chi connectivity index (χ1) is 12.5. The Labute approximate surface area is 161 Å². The van der Waals surface area contributed by atoms with E-state index in [0.29, 0.717) is 16.1 Å². The average Bonchev–Trinajstić information content (AvgIpc) is 3.09. The van der Waals surface area contributed by atoms with Crippen molar-refractivity contribution in [1.29, 1.82) is 0 Å². The molecular weight excluding hydrogens is 370 g/mol. The molecular formula is C19H18ClN3O2S. The summed E-state index contributed by atoms with van der Waals surface area (Å²) in [6.45, 7) is 3.90. The SMILES string of the molecule is Cc1cccc(-c2nnc(SCC(=O)NC(C)c3ccccc3Cl)o2)c1. The highest BCUT2D eigenvalue weighted by molar-refractivity contribution is 7.99. The fourth-order valence-electron chi connectivity index (χ4n) is 2.48. The molecule has 5 nitrogen and oxygen atoms in total. The highest BCUT2D eigenvalue weighted by Crippen LogP contribution is 2.25. The van der Waals surface area contributed by atoms with Crippen molar-refractivity contribution >= 4 is 29.3 Å². The Morgan fingerprint density at radius 1 is 1.23 bits per heavy atom. The lowest BCUT2D eigenvalue weighted by Gasteiger charge is -2.15. The van der Waals surface area contributed by atoms with Crippen molar-refractivity contribution in [3.05, 3.63) is 64.7 Å². The number of benzene rings is 2. The Morgan fingerprint density at radius 2 is 2.04 bits per heavy atom.